The quantitative estimate of drug-likeness (QED) is 0.706. The summed E-state index contributed by atoms with van der Waals surface area (Å²) in [6, 6.07) is 2.97. The van der Waals surface area contributed by atoms with Crippen molar-refractivity contribution in [3.63, 3.8) is 0 Å². The van der Waals surface area contributed by atoms with E-state index in [9.17, 15) is 18.8 Å². The van der Waals surface area contributed by atoms with E-state index in [0.717, 1.165) is 0 Å². The first-order valence-electron chi connectivity index (χ1n) is 9.69. The molecule has 156 valence electrons. The summed E-state index contributed by atoms with van der Waals surface area (Å²) in [5, 5.41) is 5.55. The molecule has 3 rings (SSSR count). The summed E-state index contributed by atoms with van der Waals surface area (Å²) >= 11 is 0. The Morgan fingerprint density at radius 3 is 2.72 bits per heavy atom. The fraction of sp³-hybridized carbons (Fsp3) is 0.476. The van der Waals surface area contributed by atoms with E-state index in [-0.39, 0.29) is 18.2 Å². The van der Waals surface area contributed by atoms with E-state index in [0.29, 0.717) is 30.6 Å². The number of benzene rings is 1. The maximum absolute atomic E-state index is 14.4. The standard InChI is InChI=1S/C21H26FN3O4/c1-21(2,3)29-20(28)24-16-6-4-5-9-23-19(27)17-7-8-18(26)25(17)15-11-13(16)10-14(22)12-15/h4-5,10-12,16-17H,6-9H2,1-3H3,(H,23,27)(H,24,28)/b5-4+/t16-,17+/m0/s1. The average Bonchev–Trinajstić information content (AvgIpc) is 2.99. The molecule has 0 radical (unpaired) electrons. The monoisotopic (exact) mass is 403 g/mol. The SMILES string of the molecule is CC(C)(C)OC(=O)N[C@H]1C/C=C/CNC(=O)[C@H]2CCC(=O)N2c2cc(F)cc1c2. The maximum atomic E-state index is 14.4. The van der Waals surface area contributed by atoms with Crippen molar-refractivity contribution in [1.82, 2.24) is 10.6 Å². The van der Waals surface area contributed by atoms with Crippen molar-refractivity contribution < 1.29 is 23.5 Å². The third kappa shape index (κ3) is 5.13. The van der Waals surface area contributed by atoms with Gasteiger partial charge in [0.2, 0.25) is 11.8 Å². The van der Waals surface area contributed by atoms with Gasteiger partial charge in [0.05, 0.1) is 6.04 Å². The molecule has 0 spiro atoms. The van der Waals surface area contributed by atoms with Crippen LogP contribution < -0.4 is 15.5 Å². The molecule has 8 heteroatoms. The van der Waals surface area contributed by atoms with Gasteiger partial charge in [-0.2, -0.15) is 0 Å². The first-order chi connectivity index (χ1) is 13.6. The van der Waals surface area contributed by atoms with Gasteiger partial charge in [0.15, 0.2) is 0 Å². The Labute approximate surface area is 169 Å². The molecular weight excluding hydrogens is 377 g/mol. The zero-order valence-electron chi connectivity index (χ0n) is 16.8. The molecule has 1 aromatic rings. The van der Waals surface area contributed by atoms with E-state index in [4.69, 9.17) is 4.74 Å². The number of fused-ring (bicyclic) bond motifs is 4. The summed E-state index contributed by atoms with van der Waals surface area (Å²) in [5.41, 5.74) is 0.135. The van der Waals surface area contributed by atoms with Crippen LogP contribution in [0.1, 0.15) is 51.6 Å². The van der Waals surface area contributed by atoms with Crippen molar-refractivity contribution in [3.8, 4) is 0 Å². The number of anilines is 1. The minimum absolute atomic E-state index is 0.222. The number of amides is 3. The predicted molar refractivity (Wildman–Crippen MR) is 106 cm³/mol. The summed E-state index contributed by atoms with van der Waals surface area (Å²) < 4.78 is 19.8. The Morgan fingerprint density at radius 2 is 2.00 bits per heavy atom. The molecule has 7 nitrogen and oxygen atoms in total. The molecule has 29 heavy (non-hydrogen) atoms. The highest BCUT2D eigenvalue weighted by atomic mass is 19.1. The van der Waals surface area contributed by atoms with Crippen LogP contribution in [0.15, 0.2) is 30.4 Å². The van der Waals surface area contributed by atoms with Gasteiger partial charge in [0, 0.05) is 18.7 Å². The second kappa shape index (κ2) is 8.23. The van der Waals surface area contributed by atoms with Gasteiger partial charge in [0.1, 0.15) is 17.5 Å². The molecule has 2 bridgehead atoms. The summed E-state index contributed by atoms with van der Waals surface area (Å²) in [5.74, 6) is -1.05. The van der Waals surface area contributed by atoms with Crippen LogP contribution >= 0.6 is 0 Å². The van der Waals surface area contributed by atoms with Crippen LogP contribution in [0.25, 0.3) is 0 Å². The van der Waals surface area contributed by atoms with E-state index < -0.39 is 29.6 Å². The lowest BCUT2D eigenvalue weighted by Crippen LogP contribution is -2.45. The molecule has 1 fully saturated rings. The van der Waals surface area contributed by atoms with Gasteiger partial charge in [-0.05, 0) is 57.4 Å². The first kappa shape index (κ1) is 20.8. The van der Waals surface area contributed by atoms with Crippen LogP contribution in [0.5, 0.6) is 0 Å². The van der Waals surface area contributed by atoms with Gasteiger partial charge in [-0.25, -0.2) is 9.18 Å². The normalized spacial score (nSPS) is 23.4. The number of halogens is 1. The van der Waals surface area contributed by atoms with Crippen molar-refractivity contribution in [3.05, 3.63) is 41.7 Å². The summed E-state index contributed by atoms with van der Waals surface area (Å²) in [6.45, 7) is 5.58. The van der Waals surface area contributed by atoms with Crippen molar-refractivity contribution in [2.75, 3.05) is 11.4 Å². The van der Waals surface area contributed by atoms with Crippen molar-refractivity contribution in [2.45, 2.75) is 57.7 Å². The van der Waals surface area contributed by atoms with Gasteiger partial charge in [-0.15, -0.1) is 0 Å². The molecule has 3 amide bonds. The number of alkyl carbamates (subject to hydrolysis) is 1. The van der Waals surface area contributed by atoms with Crippen molar-refractivity contribution in [1.29, 1.82) is 0 Å². The van der Waals surface area contributed by atoms with Crippen LogP contribution in [-0.4, -0.2) is 36.1 Å². The Bertz CT molecular complexity index is 847. The lowest BCUT2D eigenvalue weighted by molar-refractivity contribution is -0.123. The Hall–Kier alpha value is -2.90. The largest absolute Gasteiger partial charge is 0.444 e. The summed E-state index contributed by atoms with van der Waals surface area (Å²) in [6.07, 6.45) is 3.93. The van der Waals surface area contributed by atoms with E-state index in [1.165, 1.54) is 17.0 Å². The average molecular weight is 403 g/mol. The smallest absolute Gasteiger partial charge is 0.408 e. The molecular formula is C21H26FN3O4. The Kier molecular flexibility index (Phi) is 5.91. The highest BCUT2D eigenvalue weighted by Crippen LogP contribution is 2.31. The number of hydrogen-bond acceptors (Lipinski definition) is 4. The molecule has 1 saturated heterocycles. The molecule has 0 aromatic heterocycles. The number of ether oxygens (including phenoxy) is 1. The van der Waals surface area contributed by atoms with Gasteiger partial charge >= 0.3 is 6.09 Å². The molecule has 2 atom stereocenters. The number of carbonyl (C=O) groups is 3. The van der Waals surface area contributed by atoms with Crippen molar-refractivity contribution in [2.24, 2.45) is 0 Å². The summed E-state index contributed by atoms with van der Waals surface area (Å²) in [4.78, 5) is 38.5. The number of hydrogen-bond donors (Lipinski definition) is 2. The third-order valence-electron chi connectivity index (χ3n) is 4.72. The van der Waals surface area contributed by atoms with Crippen LogP contribution in [0.2, 0.25) is 0 Å². The third-order valence-corrected chi connectivity index (χ3v) is 4.72. The number of carbonyl (C=O) groups excluding carboxylic acids is 3. The zero-order chi connectivity index (χ0) is 21.2. The first-order valence-corrected chi connectivity index (χ1v) is 9.69. The second-order valence-electron chi connectivity index (χ2n) is 8.21. The molecule has 0 aliphatic carbocycles. The second-order valence-corrected chi connectivity index (χ2v) is 8.21. The maximum Gasteiger partial charge on any atom is 0.408 e. The van der Waals surface area contributed by atoms with E-state index in [1.807, 2.05) is 6.08 Å². The van der Waals surface area contributed by atoms with Gasteiger partial charge in [0.25, 0.3) is 0 Å². The number of rotatable bonds is 1. The molecule has 2 N–H and O–H groups in total. The number of nitrogens with zero attached hydrogens (tertiary/aromatic N) is 1. The Morgan fingerprint density at radius 1 is 1.24 bits per heavy atom. The van der Waals surface area contributed by atoms with E-state index in [2.05, 4.69) is 10.6 Å². The minimum atomic E-state index is -0.678. The number of nitrogens with one attached hydrogen (secondary N) is 2. The summed E-state index contributed by atoms with van der Waals surface area (Å²) in [7, 11) is 0. The van der Waals surface area contributed by atoms with E-state index >= 15 is 0 Å². The van der Waals surface area contributed by atoms with Crippen molar-refractivity contribution >= 4 is 23.6 Å². The van der Waals surface area contributed by atoms with Gasteiger partial charge in [-0.3, -0.25) is 14.5 Å². The van der Waals surface area contributed by atoms with Crippen LogP contribution in [0.3, 0.4) is 0 Å². The lowest BCUT2D eigenvalue weighted by Gasteiger charge is -2.27. The molecule has 2 heterocycles. The van der Waals surface area contributed by atoms with Crippen LogP contribution in [0.4, 0.5) is 14.9 Å². The molecule has 0 unspecified atom stereocenters. The highest BCUT2D eigenvalue weighted by Gasteiger charge is 2.37. The molecule has 1 aromatic carbocycles. The molecule has 2 aliphatic rings. The lowest BCUT2D eigenvalue weighted by atomic mass is 10.0. The van der Waals surface area contributed by atoms with E-state index in [1.54, 1.807) is 32.9 Å². The van der Waals surface area contributed by atoms with Crippen LogP contribution in [-0.2, 0) is 14.3 Å². The molecule has 0 saturated carbocycles. The van der Waals surface area contributed by atoms with Gasteiger partial charge in [-0.1, -0.05) is 12.2 Å². The highest BCUT2D eigenvalue weighted by molar-refractivity contribution is 6.03. The fourth-order valence-electron chi connectivity index (χ4n) is 3.51. The topological polar surface area (TPSA) is 87.7 Å². The predicted octanol–water partition coefficient (Wildman–Crippen LogP) is 2.96. The van der Waals surface area contributed by atoms with Crippen LogP contribution in [0, 0.1) is 5.82 Å². The zero-order valence-corrected chi connectivity index (χ0v) is 16.8. The molecule has 2 aliphatic heterocycles. The fourth-order valence-corrected chi connectivity index (χ4v) is 3.51. The minimum Gasteiger partial charge on any atom is -0.444 e. The van der Waals surface area contributed by atoms with Gasteiger partial charge < -0.3 is 15.4 Å². The Balaban J connectivity index is 1.98.